The lowest BCUT2D eigenvalue weighted by atomic mass is 10.2. The third kappa shape index (κ3) is 3.95. The minimum absolute atomic E-state index is 0.672. The summed E-state index contributed by atoms with van der Waals surface area (Å²) in [6.07, 6.45) is 0. The van der Waals surface area contributed by atoms with Crippen molar-refractivity contribution >= 4 is 22.7 Å². The Balaban J connectivity index is 1.81. The molecule has 0 aliphatic carbocycles. The normalized spacial score (nSPS) is 10.7. The van der Waals surface area contributed by atoms with Crippen LogP contribution in [0.15, 0.2) is 89.1 Å². The number of para-hydroxylation sites is 1. The van der Waals surface area contributed by atoms with Gasteiger partial charge in [-0.1, -0.05) is 36.4 Å². The summed E-state index contributed by atoms with van der Waals surface area (Å²) in [7, 11) is 1.63. The molecule has 4 nitrogen and oxygen atoms in total. The van der Waals surface area contributed by atoms with Crippen LogP contribution in [0.3, 0.4) is 0 Å². The molecule has 0 spiro atoms. The summed E-state index contributed by atoms with van der Waals surface area (Å²) in [6.45, 7) is 0. The van der Waals surface area contributed by atoms with Crippen molar-refractivity contribution in [1.29, 1.82) is 0 Å². The highest BCUT2D eigenvalue weighted by atomic mass is 16.5. The highest BCUT2D eigenvalue weighted by molar-refractivity contribution is 5.66. The van der Waals surface area contributed by atoms with E-state index < -0.39 is 0 Å². The average Bonchev–Trinajstić information content (AvgIpc) is 2.62. The van der Waals surface area contributed by atoms with Crippen molar-refractivity contribution in [3.63, 3.8) is 0 Å². The zero-order chi connectivity index (χ0) is 15.9. The van der Waals surface area contributed by atoms with Gasteiger partial charge in [-0.2, -0.15) is 5.11 Å². The van der Waals surface area contributed by atoms with Gasteiger partial charge in [0, 0.05) is 17.4 Å². The Morgan fingerprint density at radius 3 is 2.13 bits per heavy atom. The molecule has 0 radical (unpaired) electrons. The van der Waals surface area contributed by atoms with Crippen molar-refractivity contribution in [2.75, 3.05) is 12.4 Å². The molecule has 3 aromatic rings. The maximum atomic E-state index is 5.42. The van der Waals surface area contributed by atoms with Crippen LogP contribution in [-0.2, 0) is 0 Å². The molecule has 0 heterocycles. The second-order valence-corrected chi connectivity index (χ2v) is 4.91. The van der Waals surface area contributed by atoms with Crippen molar-refractivity contribution in [2.24, 2.45) is 10.2 Å². The first kappa shape index (κ1) is 14.8. The van der Waals surface area contributed by atoms with Crippen LogP contribution in [-0.4, -0.2) is 7.11 Å². The number of azo groups is 1. The number of rotatable bonds is 5. The lowest BCUT2D eigenvalue weighted by Crippen LogP contribution is -1.91. The van der Waals surface area contributed by atoms with Crippen LogP contribution in [0, 0.1) is 0 Å². The maximum Gasteiger partial charge on any atom is 0.148 e. The van der Waals surface area contributed by atoms with Gasteiger partial charge in [0.2, 0.25) is 0 Å². The van der Waals surface area contributed by atoms with Gasteiger partial charge in [-0.05, 0) is 36.4 Å². The Bertz CT molecular complexity index is 786. The number of benzene rings is 3. The van der Waals surface area contributed by atoms with E-state index in [2.05, 4.69) is 15.5 Å². The van der Waals surface area contributed by atoms with E-state index in [0.717, 1.165) is 17.1 Å². The highest BCUT2D eigenvalue weighted by Gasteiger charge is 2.04. The second-order valence-electron chi connectivity index (χ2n) is 4.91. The second kappa shape index (κ2) is 7.22. The molecule has 4 heteroatoms. The maximum absolute atomic E-state index is 5.42. The molecular weight excluding hydrogens is 286 g/mol. The van der Waals surface area contributed by atoms with E-state index in [4.69, 9.17) is 4.74 Å². The van der Waals surface area contributed by atoms with Crippen molar-refractivity contribution in [3.05, 3.63) is 78.9 Å². The molecule has 0 aliphatic rings. The summed E-state index contributed by atoms with van der Waals surface area (Å²) >= 11 is 0. The van der Waals surface area contributed by atoms with Crippen molar-refractivity contribution in [1.82, 2.24) is 0 Å². The third-order valence-corrected chi connectivity index (χ3v) is 3.27. The number of nitrogens with one attached hydrogen (secondary N) is 1. The summed E-state index contributed by atoms with van der Waals surface area (Å²) in [4.78, 5) is 0. The molecular formula is C19H17N3O. The van der Waals surface area contributed by atoms with E-state index in [1.54, 1.807) is 7.11 Å². The molecule has 0 bridgehead atoms. The molecule has 0 atom stereocenters. The Morgan fingerprint density at radius 1 is 0.739 bits per heavy atom. The standard InChI is InChI=1S/C19H17N3O/c1-23-19-14-17(20-15-8-4-2-5-9-15)12-13-18(19)22-21-16-10-6-3-7-11-16/h2-14,20H,1H3/b22-21+. The minimum atomic E-state index is 0.672. The topological polar surface area (TPSA) is 46.0 Å². The molecule has 3 aromatic carbocycles. The lowest BCUT2D eigenvalue weighted by Gasteiger charge is -2.09. The van der Waals surface area contributed by atoms with E-state index in [9.17, 15) is 0 Å². The van der Waals surface area contributed by atoms with Gasteiger partial charge in [-0.3, -0.25) is 0 Å². The molecule has 23 heavy (non-hydrogen) atoms. The lowest BCUT2D eigenvalue weighted by molar-refractivity contribution is 0.416. The fourth-order valence-corrected chi connectivity index (χ4v) is 2.13. The summed E-state index contributed by atoms with van der Waals surface area (Å²) in [5.41, 5.74) is 3.45. The molecule has 0 saturated heterocycles. The van der Waals surface area contributed by atoms with E-state index in [1.165, 1.54) is 0 Å². The molecule has 0 aromatic heterocycles. The molecule has 3 rings (SSSR count). The summed E-state index contributed by atoms with van der Waals surface area (Å²) in [5, 5.41) is 11.8. The highest BCUT2D eigenvalue weighted by Crippen LogP contribution is 2.32. The number of hydrogen-bond acceptors (Lipinski definition) is 4. The summed E-state index contributed by atoms with van der Waals surface area (Å²) in [6, 6.07) is 25.3. The predicted octanol–water partition coefficient (Wildman–Crippen LogP) is 5.85. The SMILES string of the molecule is COc1cc(Nc2ccccc2)ccc1/N=N/c1ccccc1. The Hall–Kier alpha value is -3.14. The first-order valence-corrected chi connectivity index (χ1v) is 7.32. The largest absolute Gasteiger partial charge is 0.494 e. The van der Waals surface area contributed by atoms with Crippen LogP contribution in [0.25, 0.3) is 0 Å². The summed E-state index contributed by atoms with van der Waals surface area (Å²) < 4.78 is 5.42. The smallest absolute Gasteiger partial charge is 0.148 e. The van der Waals surface area contributed by atoms with Crippen LogP contribution >= 0.6 is 0 Å². The molecule has 0 saturated carbocycles. The fraction of sp³-hybridized carbons (Fsp3) is 0.0526. The molecule has 0 unspecified atom stereocenters. The number of nitrogens with zero attached hydrogens (tertiary/aromatic N) is 2. The molecule has 1 N–H and O–H groups in total. The first-order valence-electron chi connectivity index (χ1n) is 7.32. The quantitative estimate of drug-likeness (QED) is 0.600. The zero-order valence-electron chi connectivity index (χ0n) is 12.8. The Morgan fingerprint density at radius 2 is 1.43 bits per heavy atom. The van der Waals surface area contributed by atoms with Gasteiger partial charge < -0.3 is 10.1 Å². The van der Waals surface area contributed by atoms with E-state index in [1.807, 2.05) is 78.9 Å². The van der Waals surface area contributed by atoms with Gasteiger partial charge in [-0.25, -0.2) is 0 Å². The predicted molar refractivity (Wildman–Crippen MR) is 93.3 cm³/mol. The number of ether oxygens (including phenoxy) is 1. The Labute approximate surface area is 135 Å². The van der Waals surface area contributed by atoms with Crippen LogP contribution in [0.5, 0.6) is 5.75 Å². The third-order valence-electron chi connectivity index (χ3n) is 3.27. The molecule has 0 aliphatic heterocycles. The fourth-order valence-electron chi connectivity index (χ4n) is 2.13. The monoisotopic (exact) mass is 303 g/mol. The molecule has 114 valence electrons. The van der Waals surface area contributed by atoms with Crippen LogP contribution in [0.1, 0.15) is 0 Å². The van der Waals surface area contributed by atoms with Gasteiger partial charge in [0.25, 0.3) is 0 Å². The number of anilines is 2. The number of methoxy groups -OCH3 is 1. The van der Waals surface area contributed by atoms with Crippen molar-refractivity contribution in [2.45, 2.75) is 0 Å². The number of hydrogen-bond donors (Lipinski definition) is 1. The van der Waals surface area contributed by atoms with E-state index in [0.29, 0.717) is 11.4 Å². The van der Waals surface area contributed by atoms with Crippen molar-refractivity contribution in [3.8, 4) is 5.75 Å². The van der Waals surface area contributed by atoms with Crippen LogP contribution in [0.2, 0.25) is 0 Å². The minimum Gasteiger partial charge on any atom is -0.494 e. The van der Waals surface area contributed by atoms with Gasteiger partial charge in [0.05, 0.1) is 12.8 Å². The van der Waals surface area contributed by atoms with E-state index in [-0.39, 0.29) is 0 Å². The summed E-state index contributed by atoms with van der Waals surface area (Å²) in [5.74, 6) is 0.672. The first-order chi connectivity index (χ1) is 11.3. The van der Waals surface area contributed by atoms with Gasteiger partial charge >= 0.3 is 0 Å². The molecule has 0 amide bonds. The van der Waals surface area contributed by atoms with Crippen molar-refractivity contribution < 1.29 is 4.74 Å². The average molecular weight is 303 g/mol. The zero-order valence-corrected chi connectivity index (χ0v) is 12.8. The van der Waals surface area contributed by atoms with Gasteiger partial charge in [0.15, 0.2) is 0 Å². The Kier molecular flexibility index (Phi) is 4.64. The van der Waals surface area contributed by atoms with Crippen LogP contribution < -0.4 is 10.1 Å². The van der Waals surface area contributed by atoms with E-state index >= 15 is 0 Å². The molecule has 0 fully saturated rings. The van der Waals surface area contributed by atoms with Crippen LogP contribution in [0.4, 0.5) is 22.7 Å². The van der Waals surface area contributed by atoms with Gasteiger partial charge in [0.1, 0.15) is 11.4 Å². The van der Waals surface area contributed by atoms with Gasteiger partial charge in [-0.15, -0.1) is 5.11 Å².